The van der Waals surface area contributed by atoms with Crippen LogP contribution in [0.1, 0.15) is 19.8 Å². The van der Waals surface area contributed by atoms with E-state index in [9.17, 15) is 0 Å². The first-order chi connectivity index (χ1) is 11.2. The summed E-state index contributed by atoms with van der Waals surface area (Å²) in [6, 6.07) is 12.1. The van der Waals surface area contributed by atoms with Crippen molar-refractivity contribution in [3.8, 4) is 11.4 Å². The summed E-state index contributed by atoms with van der Waals surface area (Å²) in [6.45, 7) is 4.45. The molecule has 0 unspecified atom stereocenters. The molecule has 0 amide bonds. The Morgan fingerprint density at radius 3 is 2.48 bits per heavy atom. The second kappa shape index (κ2) is 5.92. The molecular formula is C17H18BrN5. The number of hydrogen-bond donors (Lipinski definition) is 0. The lowest BCUT2D eigenvalue weighted by molar-refractivity contribution is 0.435. The van der Waals surface area contributed by atoms with Gasteiger partial charge in [-0.2, -0.15) is 4.52 Å². The van der Waals surface area contributed by atoms with Crippen LogP contribution in [0.25, 0.3) is 17.0 Å². The summed E-state index contributed by atoms with van der Waals surface area (Å²) >= 11 is 3.46. The Morgan fingerprint density at radius 1 is 1.00 bits per heavy atom. The fraction of sp³-hybridized carbons (Fsp3) is 0.353. The molecule has 1 aromatic carbocycles. The monoisotopic (exact) mass is 371 g/mol. The molecule has 23 heavy (non-hydrogen) atoms. The smallest absolute Gasteiger partial charge is 0.185 e. The highest BCUT2D eigenvalue weighted by atomic mass is 79.9. The topological polar surface area (TPSA) is 46.3 Å². The van der Waals surface area contributed by atoms with Gasteiger partial charge in [0.15, 0.2) is 11.5 Å². The quantitative estimate of drug-likeness (QED) is 0.687. The number of nitrogens with zero attached hydrogens (tertiary/aromatic N) is 5. The maximum atomic E-state index is 4.79. The number of halogens is 1. The van der Waals surface area contributed by atoms with Crippen LogP contribution in [-0.4, -0.2) is 32.9 Å². The van der Waals surface area contributed by atoms with Crippen molar-refractivity contribution in [3.05, 3.63) is 40.9 Å². The Hall–Kier alpha value is -1.95. The molecule has 1 aliphatic heterocycles. The highest BCUT2D eigenvalue weighted by molar-refractivity contribution is 9.10. The van der Waals surface area contributed by atoms with Gasteiger partial charge in [0.05, 0.1) is 0 Å². The first-order valence-corrected chi connectivity index (χ1v) is 8.73. The second-order valence-electron chi connectivity index (χ2n) is 6.16. The average Bonchev–Trinajstić information content (AvgIpc) is 2.99. The molecule has 0 atom stereocenters. The van der Waals surface area contributed by atoms with Gasteiger partial charge in [0.2, 0.25) is 0 Å². The van der Waals surface area contributed by atoms with Gasteiger partial charge in [-0.1, -0.05) is 35.0 Å². The number of rotatable bonds is 2. The summed E-state index contributed by atoms with van der Waals surface area (Å²) in [5, 5.41) is 13.3. The minimum Gasteiger partial charge on any atom is -0.355 e. The van der Waals surface area contributed by atoms with E-state index < -0.39 is 0 Å². The first-order valence-electron chi connectivity index (χ1n) is 7.94. The van der Waals surface area contributed by atoms with Gasteiger partial charge in [-0.15, -0.1) is 15.3 Å². The molecule has 3 heterocycles. The van der Waals surface area contributed by atoms with Gasteiger partial charge in [-0.05, 0) is 43.0 Å². The van der Waals surface area contributed by atoms with Crippen molar-refractivity contribution in [1.29, 1.82) is 0 Å². The Morgan fingerprint density at radius 2 is 1.74 bits per heavy atom. The minimum absolute atomic E-state index is 0.775. The van der Waals surface area contributed by atoms with Crippen LogP contribution in [0.5, 0.6) is 0 Å². The van der Waals surface area contributed by atoms with E-state index in [0.29, 0.717) is 0 Å². The third-order valence-electron chi connectivity index (χ3n) is 4.46. The lowest BCUT2D eigenvalue weighted by Crippen LogP contribution is -2.33. The van der Waals surface area contributed by atoms with Gasteiger partial charge in [0.25, 0.3) is 0 Å². The van der Waals surface area contributed by atoms with E-state index in [-0.39, 0.29) is 0 Å². The van der Waals surface area contributed by atoms with Crippen LogP contribution in [0.3, 0.4) is 0 Å². The second-order valence-corrected chi connectivity index (χ2v) is 7.08. The van der Waals surface area contributed by atoms with Crippen molar-refractivity contribution in [2.45, 2.75) is 19.8 Å². The van der Waals surface area contributed by atoms with E-state index in [1.807, 2.05) is 40.9 Å². The molecule has 4 rings (SSSR count). The Kier molecular flexibility index (Phi) is 3.77. The van der Waals surface area contributed by atoms with Crippen LogP contribution < -0.4 is 4.90 Å². The zero-order valence-electron chi connectivity index (χ0n) is 13.0. The van der Waals surface area contributed by atoms with Crippen LogP contribution >= 0.6 is 15.9 Å². The molecule has 0 aliphatic carbocycles. The van der Waals surface area contributed by atoms with Crippen molar-refractivity contribution >= 4 is 27.4 Å². The van der Waals surface area contributed by atoms with Crippen LogP contribution in [-0.2, 0) is 0 Å². The Bertz CT molecular complexity index is 819. The molecule has 1 saturated heterocycles. The van der Waals surface area contributed by atoms with Gasteiger partial charge in [-0.25, -0.2) is 0 Å². The van der Waals surface area contributed by atoms with E-state index in [2.05, 4.69) is 38.0 Å². The fourth-order valence-electron chi connectivity index (χ4n) is 2.96. The Labute approximate surface area is 143 Å². The largest absolute Gasteiger partial charge is 0.355 e. The number of hydrogen-bond acceptors (Lipinski definition) is 4. The van der Waals surface area contributed by atoms with Gasteiger partial charge in [-0.3, -0.25) is 0 Å². The van der Waals surface area contributed by atoms with Crippen molar-refractivity contribution < 1.29 is 0 Å². The molecule has 1 fully saturated rings. The van der Waals surface area contributed by atoms with Crippen LogP contribution in [0.4, 0.5) is 5.82 Å². The van der Waals surface area contributed by atoms with Gasteiger partial charge in [0, 0.05) is 23.1 Å². The predicted octanol–water partition coefficient (Wildman–Crippen LogP) is 3.79. The van der Waals surface area contributed by atoms with E-state index >= 15 is 0 Å². The van der Waals surface area contributed by atoms with Crippen LogP contribution in [0.2, 0.25) is 0 Å². The molecule has 0 spiro atoms. The van der Waals surface area contributed by atoms with Gasteiger partial charge >= 0.3 is 0 Å². The van der Waals surface area contributed by atoms with Gasteiger partial charge in [0.1, 0.15) is 5.82 Å². The number of benzene rings is 1. The fourth-order valence-corrected chi connectivity index (χ4v) is 3.23. The molecule has 118 valence electrons. The van der Waals surface area contributed by atoms with Crippen LogP contribution in [0, 0.1) is 5.92 Å². The van der Waals surface area contributed by atoms with Crippen molar-refractivity contribution in [2.24, 2.45) is 5.92 Å². The Balaban J connectivity index is 1.73. The summed E-state index contributed by atoms with van der Waals surface area (Å²) in [7, 11) is 0. The van der Waals surface area contributed by atoms with E-state index in [0.717, 1.165) is 46.3 Å². The minimum atomic E-state index is 0.775. The van der Waals surface area contributed by atoms with E-state index in [1.54, 1.807) is 0 Å². The lowest BCUT2D eigenvalue weighted by atomic mass is 9.99. The van der Waals surface area contributed by atoms with Crippen molar-refractivity contribution in [2.75, 3.05) is 18.0 Å². The third-order valence-corrected chi connectivity index (χ3v) is 4.99. The predicted molar refractivity (Wildman–Crippen MR) is 94.5 cm³/mol. The maximum absolute atomic E-state index is 4.79. The normalized spacial score (nSPS) is 16.2. The molecule has 3 aromatic rings. The number of fused-ring (bicyclic) bond motifs is 1. The number of piperidine rings is 1. The highest BCUT2D eigenvalue weighted by Crippen LogP contribution is 2.24. The number of aromatic nitrogens is 4. The molecule has 0 saturated carbocycles. The summed E-state index contributed by atoms with van der Waals surface area (Å²) in [6.07, 6.45) is 2.45. The molecule has 0 N–H and O–H groups in total. The standard InChI is InChI=1S/C17H18BrN5/c1-12-8-10-22(11-9-12)16-7-6-15-19-20-17(23(15)21-16)13-2-4-14(18)5-3-13/h2-7,12H,8-11H2,1H3. The van der Waals surface area contributed by atoms with Crippen molar-refractivity contribution in [3.63, 3.8) is 0 Å². The summed E-state index contributed by atoms with van der Waals surface area (Å²) in [5.41, 5.74) is 1.79. The molecule has 1 aliphatic rings. The maximum Gasteiger partial charge on any atom is 0.185 e. The lowest BCUT2D eigenvalue weighted by Gasteiger charge is -2.30. The van der Waals surface area contributed by atoms with Crippen molar-refractivity contribution in [1.82, 2.24) is 19.8 Å². The summed E-state index contributed by atoms with van der Waals surface area (Å²) in [5.74, 6) is 2.59. The third kappa shape index (κ3) is 2.83. The van der Waals surface area contributed by atoms with Gasteiger partial charge < -0.3 is 4.90 Å². The average molecular weight is 372 g/mol. The molecule has 6 heteroatoms. The summed E-state index contributed by atoms with van der Waals surface area (Å²) < 4.78 is 2.89. The van der Waals surface area contributed by atoms with E-state index in [4.69, 9.17) is 5.10 Å². The molecule has 0 bridgehead atoms. The highest BCUT2D eigenvalue weighted by Gasteiger charge is 2.18. The molecule has 2 aromatic heterocycles. The first kappa shape index (κ1) is 14.6. The summed E-state index contributed by atoms with van der Waals surface area (Å²) in [4.78, 5) is 2.35. The molecule has 5 nitrogen and oxygen atoms in total. The zero-order chi connectivity index (χ0) is 15.8. The molecule has 0 radical (unpaired) electrons. The number of anilines is 1. The zero-order valence-corrected chi connectivity index (χ0v) is 14.6. The SMILES string of the molecule is CC1CCN(c2ccc3nnc(-c4ccc(Br)cc4)n3n2)CC1. The van der Waals surface area contributed by atoms with E-state index in [1.165, 1.54) is 12.8 Å². The molecular weight excluding hydrogens is 354 g/mol. The van der Waals surface area contributed by atoms with Crippen LogP contribution in [0.15, 0.2) is 40.9 Å².